The van der Waals surface area contributed by atoms with Gasteiger partial charge in [0.1, 0.15) is 0 Å². The van der Waals surface area contributed by atoms with Crippen LogP contribution in [0.15, 0.2) is 18.2 Å². The van der Waals surface area contributed by atoms with E-state index in [-0.39, 0.29) is 30.9 Å². The van der Waals surface area contributed by atoms with Gasteiger partial charge in [-0.25, -0.2) is 4.79 Å². The molecule has 0 saturated heterocycles. The van der Waals surface area contributed by atoms with Gasteiger partial charge in [-0.15, -0.1) is 12.4 Å². The number of carboxylic acid groups (broad SMARTS) is 1. The minimum absolute atomic E-state index is 0. The molecule has 1 rings (SSSR count). The summed E-state index contributed by atoms with van der Waals surface area (Å²) >= 11 is 0. The molecule has 0 bridgehead atoms. The zero-order chi connectivity index (χ0) is 10.6. The van der Waals surface area contributed by atoms with Crippen LogP contribution in [0.5, 0.6) is 0 Å². The SMILES string of the molecule is Cl.NCc1cc(C(=O)O)ccc1CCF. The Morgan fingerprint density at radius 1 is 1.40 bits per heavy atom. The lowest BCUT2D eigenvalue weighted by Crippen LogP contribution is -2.05. The number of aryl methyl sites for hydroxylation is 1. The number of carbonyl (C=O) groups is 1. The molecular weight excluding hydrogens is 221 g/mol. The largest absolute Gasteiger partial charge is 0.478 e. The number of alkyl halides is 1. The third kappa shape index (κ3) is 3.49. The first-order valence-corrected chi connectivity index (χ1v) is 4.30. The highest BCUT2D eigenvalue weighted by Gasteiger charge is 2.06. The Balaban J connectivity index is 0.00000196. The van der Waals surface area contributed by atoms with E-state index in [9.17, 15) is 9.18 Å². The van der Waals surface area contributed by atoms with Gasteiger partial charge in [-0.2, -0.15) is 0 Å². The van der Waals surface area contributed by atoms with Crippen LogP contribution < -0.4 is 5.73 Å². The van der Waals surface area contributed by atoms with Crippen molar-refractivity contribution in [3.63, 3.8) is 0 Å². The summed E-state index contributed by atoms with van der Waals surface area (Å²) in [5.41, 5.74) is 7.10. The molecule has 84 valence electrons. The molecule has 0 spiro atoms. The predicted molar refractivity (Wildman–Crippen MR) is 58.2 cm³/mol. The van der Waals surface area contributed by atoms with Gasteiger partial charge in [-0.1, -0.05) is 6.07 Å². The number of hydrogen-bond acceptors (Lipinski definition) is 2. The number of hydrogen-bond donors (Lipinski definition) is 2. The molecule has 0 amide bonds. The Labute approximate surface area is 93.5 Å². The number of carboxylic acids is 1. The highest BCUT2D eigenvalue weighted by molar-refractivity contribution is 5.87. The zero-order valence-electron chi connectivity index (χ0n) is 8.07. The van der Waals surface area contributed by atoms with Crippen molar-refractivity contribution in [3.8, 4) is 0 Å². The van der Waals surface area contributed by atoms with Gasteiger partial charge in [0.25, 0.3) is 0 Å². The molecule has 1 aromatic carbocycles. The Hall–Kier alpha value is -1.13. The molecular formula is C10H13ClFNO2. The first-order chi connectivity index (χ1) is 6.69. The van der Waals surface area contributed by atoms with Crippen LogP contribution in [0.2, 0.25) is 0 Å². The highest BCUT2D eigenvalue weighted by Crippen LogP contribution is 2.12. The van der Waals surface area contributed by atoms with E-state index < -0.39 is 12.6 Å². The molecule has 15 heavy (non-hydrogen) atoms. The Bertz CT molecular complexity index is 344. The van der Waals surface area contributed by atoms with Crippen LogP contribution >= 0.6 is 12.4 Å². The summed E-state index contributed by atoms with van der Waals surface area (Å²) in [6, 6.07) is 4.57. The predicted octanol–water partition coefficient (Wildman–Crippen LogP) is 1.78. The fourth-order valence-corrected chi connectivity index (χ4v) is 1.29. The minimum Gasteiger partial charge on any atom is -0.478 e. The molecule has 0 aliphatic rings. The van der Waals surface area contributed by atoms with Gasteiger partial charge in [0.2, 0.25) is 0 Å². The molecule has 0 heterocycles. The quantitative estimate of drug-likeness (QED) is 0.833. The van der Waals surface area contributed by atoms with Gasteiger partial charge in [0.05, 0.1) is 12.2 Å². The summed E-state index contributed by atoms with van der Waals surface area (Å²) < 4.78 is 12.1. The lowest BCUT2D eigenvalue weighted by atomic mass is 10.0. The van der Waals surface area contributed by atoms with Crippen molar-refractivity contribution < 1.29 is 14.3 Å². The lowest BCUT2D eigenvalue weighted by Gasteiger charge is -2.06. The topological polar surface area (TPSA) is 63.3 Å². The van der Waals surface area contributed by atoms with Crippen LogP contribution in [-0.2, 0) is 13.0 Å². The molecule has 0 aliphatic carbocycles. The number of nitrogens with two attached hydrogens (primary N) is 1. The average molecular weight is 234 g/mol. The maximum Gasteiger partial charge on any atom is 0.335 e. The van der Waals surface area contributed by atoms with Crippen LogP contribution in [0.25, 0.3) is 0 Å². The lowest BCUT2D eigenvalue weighted by molar-refractivity contribution is 0.0697. The number of rotatable bonds is 4. The molecule has 3 N–H and O–H groups in total. The monoisotopic (exact) mass is 233 g/mol. The second-order valence-corrected chi connectivity index (χ2v) is 2.93. The second kappa shape index (κ2) is 6.37. The summed E-state index contributed by atoms with van der Waals surface area (Å²) in [6.45, 7) is -0.226. The second-order valence-electron chi connectivity index (χ2n) is 2.93. The zero-order valence-corrected chi connectivity index (χ0v) is 8.89. The van der Waals surface area contributed by atoms with Gasteiger partial charge in [0, 0.05) is 13.0 Å². The fraction of sp³-hybridized carbons (Fsp3) is 0.300. The van der Waals surface area contributed by atoms with Crippen molar-refractivity contribution in [1.29, 1.82) is 0 Å². The third-order valence-electron chi connectivity index (χ3n) is 2.04. The van der Waals surface area contributed by atoms with Gasteiger partial charge in [0.15, 0.2) is 0 Å². The van der Waals surface area contributed by atoms with Crippen molar-refractivity contribution in [2.45, 2.75) is 13.0 Å². The van der Waals surface area contributed by atoms with E-state index in [0.29, 0.717) is 5.56 Å². The van der Waals surface area contributed by atoms with E-state index in [2.05, 4.69) is 0 Å². The standard InChI is InChI=1S/C10H12FNO2.ClH/c11-4-3-7-1-2-8(10(13)14)5-9(7)6-12;/h1-2,5H,3-4,6,12H2,(H,13,14);1H. The Kier molecular flexibility index (Phi) is 5.89. The molecule has 5 heteroatoms. The molecule has 0 aromatic heterocycles. The van der Waals surface area contributed by atoms with Crippen LogP contribution in [0.4, 0.5) is 4.39 Å². The van der Waals surface area contributed by atoms with Gasteiger partial charge in [-0.3, -0.25) is 4.39 Å². The van der Waals surface area contributed by atoms with Crippen LogP contribution in [0.3, 0.4) is 0 Å². The normalized spacial score (nSPS) is 9.47. The van der Waals surface area contributed by atoms with Gasteiger partial charge in [-0.05, 0) is 23.3 Å². The van der Waals surface area contributed by atoms with Crippen molar-refractivity contribution in [3.05, 3.63) is 34.9 Å². The van der Waals surface area contributed by atoms with E-state index in [4.69, 9.17) is 10.8 Å². The summed E-state index contributed by atoms with van der Waals surface area (Å²) in [5, 5.41) is 8.71. The maximum absolute atomic E-state index is 12.1. The molecule has 3 nitrogen and oxygen atoms in total. The summed E-state index contributed by atoms with van der Waals surface area (Å²) in [7, 11) is 0. The van der Waals surface area contributed by atoms with Gasteiger partial charge < -0.3 is 10.8 Å². The Morgan fingerprint density at radius 2 is 2.07 bits per heavy atom. The molecule has 0 aliphatic heterocycles. The molecule has 0 fully saturated rings. The minimum atomic E-state index is -0.994. The molecule has 0 unspecified atom stereocenters. The molecule has 0 radical (unpaired) electrons. The van der Waals surface area contributed by atoms with E-state index in [1.165, 1.54) is 12.1 Å². The first-order valence-electron chi connectivity index (χ1n) is 4.30. The highest BCUT2D eigenvalue weighted by atomic mass is 35.5. The number of halogens is 2. The first kappa shape index (κ1) is 13.9. The van der Waals surface area contributed by atoms with Crippen LogP contribution in [-0.4, -0.2) is 17.8 Å². The van der Waals surface area contributed by atoms with Crippen molar-refractivity contribution in [1.82, 2.24) is 0 Å². The van der Waals surface area contributed by atoms with Crippen molar-refractivity contribution >= 4 is 18.4 Å². The van der Waals surface area contributed by atoms with E-state index in [1.807, 2.05) is 0 Å². The van der Waals surface area contributed by atoms with Crippen molar-refractivity contribution in [2.75, 3.05) is 6.67 Å². The molecule has 1 aromatic rings. The van der Waals surface area contributed by atoms with Gasteiger partial charge >= 0.3 is 5.97 Å². The van der Waals surface area contributed by atoms with E-state index in [1.54, 1.807) is 6.07 Å². The van der Waals surface area contributed by atoms with Crippen LogP contribution in [0.1, 0.15) is 21.5 Å². The molecule has 0 saturated carbocycles. The average Bonchev–Trinajstić information content (AvgIpc) is 2.18. The maximum atomic E-state index is 12.1. The smallest absolute Gasteiger partial charge is 0.335 e. The fourth-order valence-electron chi connectivity index (χ4n) is 1.29. The van der Waals surface area contributed by atoms with E-state index in [0.717, 1.165) is 5.56 Å². The summed E-state index contributed by atoms with van der Waals surface area (Å²) in [6.07, 6.45) is 0.284. The Morgan fingerprint density at radius 3 is 2.53 bits per heavy atom. The molecule has 0 atom stereocenters. The third-order valence-corrected chi connectivity index (χ3v) is 2.04. The van der Waals surface area contributed by atoms with E-state index >= 15 is 0 Å². The van der Waals surface area contributed by atoms with Crippen LogP contribution in [0, 0.1) is 0 Å². The number of benzene rings is 1. The summed E-state index contributed by atoms with van der Waals surface area (Å²) in [4.78, 5) is 10.6. The summed E-state index contributed by atoms with van der Waals surface area (Å²) in [5.74, 6) is -0.994. The van der Waals surface area contributed by atoms with Crippen molar-refractivity contribution in [2.24, 2.45) is 5.73 Å². The number of aromatic carboxylic acids is 1.